The van der Waals surface area contributed by atoms with Crippen LogP contribution in [0.2, 0.25) is 0 Å². The van der Waals surface area contributed by atoms with E-state index in [-0.39, 0.29) is 43.7 Å². The van der Waals surface area contributed by atoms with Gasteiger partial charge in [0.15, 0.2) is 0 Å². The third kappa shape index (κ3) is 20.7. The Kier molecular flexibility index (Phi) is 26.6. The second-order valence-electron chi connectivity index (χ2n) is 11.0. The van der Waals surface area contributed by atoms with Gasteiger partial charge in [-0.15, -0.1) is 35.7 Å². The summed E-state index contributed by atoms with van der Waals surface area (Å²) >= 11 is 1.60. The van der Waals surface area contributed by atoms with Crippen LogP contribution in [0.5, 0.6) is 0 Å². The minimum absolute atomic E-state index is 0. The Labute approximate surface area is 276 Å². The summed E-state index contributed by atoms with van der Waals surface area (Å²) in [6.07, 6.45) is 19.1. The molecule has 0 aromatic carbocycles. The van der Waals surface area contributed by atoms with Gasteiger partial charge in [-0.05, 0) is 11.8 Å². The lowest BCUT2D eigenvalue weighted by molar-refractivity contribution is -0.127. The number of nitrogens with one attached hydrogen (secondary N) is 1. The Morgan fingerprint density at radius 2 is 1.38 bits per heavy atom. The van der Waals surface area contributed by atoms with E-state index in [0.717, 1.165) is 29.3 Å². The van der Waals surface area contributed by atoms with Gasteiger partial charge in [0.25, 0.3) is 0 Å². The van der Waals surface area contributed by atoms with Gasteiger partial charge in [-0.1, -0.05) is 103 Å². The molecule has 1 aliphatic rings. The number of nitrogens with zero attached hydrogens (tertiary/aromatic N) is 2. The monoisotopic (exact) mass is 727 g/mol. The molecular formula is C31H58IN3O6S. The molecule has 1 unspecified atom stereocenters. The number of hydrogen-bond donors (Lipinski definition) is 1. The van der Waals surface area contributed by atoms with Gasteiger partial charge in [0, 0.05) is 33.3 Å². The minimum atomic E-state index is -0.751. The van der Waals surface area contributed by atoms with Gasteiger partial charge in [0.05, 0.1) is 12.4 Å². The molecule has 1 rings (SSSR count). The molecule has 0 fully saturated rings. The molecule has 0 saturated heterocycles. The molecule has 9 nitrogen and oxygen atoms in total. The topological polar surface area (TPSA) is 97.4 Å². The van der Waals surface area contributed by atoms with Crippen molar-refractivity contribution in [3.63, 3.8) is 0 Å². The number of unbranched alkanes of at least 4 members (excludes halogenated alkanes) is 15. The number of likely N-dealkylation sites (N-methyl/N-ethyl adjacent to an activating group) is 1. The zero-order valence-corrected chi connectivity index (χ0v) is 29.8. The lowest BCUT2D eigenvalue weighted by Gasteiger charge is -2.24. The zero-order valence-electron chi connectivity index (χ0n) is 26.7. The van der Waals surface area contributed by atoms with Gasteiger partial charge in [0.1, 0.15) is 19.3 Å². The summed E-state index contributed by atoms with van der Waals surface area (Å²) in [4.78, 5) is 39.5. The largest absolute Gasteiger partial charge is 0.447 e. The summed E-state index contributed by atoms with van der Waals surface area (Å²) in [6.45, 7) is 4.12. The number of imide groups is 1. The van der Waals surface area contributed by atoms with Crippen LogP contribution in [0.15, 0.2) is 11.1 Å². The van der Waals surface area contributed by atoms with Crippen LogP contribution in [0.3, 0.4) is 0 Å². The molecule has 246 valence electrons. The third-order valence-electron chi connectivity index (χ3n) is 7.32. The fourth-order valence-corrected chi connectivity index (χ4v) is 5.46. The van der Waals surface area contributed by atoms with Gasteiger partial charge >= 0.3 is 12.2 Å². The van der Waals surface area contributed by atoms with Crippen molar-refractivity contribution in [1.82, 2.24) is 15.1 Å². The predicted octanol–water partition coefficient (Wildman–Crippen LogP) is 8.07. The molecule has 42 heavy (non-hydrogen) atoms. The van der Waals surface area contributed by atoms with E-state index in [0.29, 0.717) is 6.54 Å². The number of rotatable bonds is 24. The number of alkyl carbamates (subject to hydrolysis) is 1. The number of carbonyl (C=O) groups excluding carboxylic acids is 3. The Balaban J connectivity index is 0.0000168. The second kappa shape index (κ2) is 27.3. The summed E-state index contributed by atoms with van der Waals surface area (Å²) in [5.41, 5.74) is 0.870. The van der Waals surface area contributed by atoms with Crippen molar-refractivity contribution in [2.75, 3.05) is 46.3 Å². The second-order valence-corrected chi connectivity index (χ2v) is 11.8. The predicted molar refractivity (Wildman–Crippen MR) is 182 cm³/mol. The van der Waals surface area contributed by atoms with Crippen LogP contribution in [-0.4, -0.2) is 80.3 Å². The van der Waals surface area contributed by atoms with Gasteiger partial charge in [0.2, 0.25) is 5.91 Å². The van der Waals surface area contributed by atoms with Gasteiger partial charge in [-0.2, -0.15) is 0 Å². The van der Waals surface area contributed by atoms with Crippen molar-refractivity contribution in [3.8, 4) is 0 Å². The zero-order chi connectivity index (χ0) is 30.1. The summed E-state index contributed by atoms with van der Waals surface area (Å²) in [5.74, 6) is 0.376. The van der Waals surface area contributed by atoms with Crippen LogP contribution < -0.4 is 5.32 Å². The van der Waals surface area contributed by atoms with E-state index >= 15 is 0 Å². The van der Waals surface area contributed by atoms with E-state index in [1.54, 1.807) is 11.8 Å². The summed E-state index contributed by atoms with van der Waals surface area (Å²) in [5, 5.41) is 4.69. The Morgan fingerprint density at radius 3 is 1.83 bits per heavy atom. The smallest absolute Gasteiger partial charge is 0.416 e. The number of methoxy groups -OCH3 is 1. The molecule has 1 aliphatic heterocycles. The van der Waals surface area contributed by atoms with Crippen molar-refractivity contribution >= 4 is 53.8 Å². The van der Waals surface area contributed by atoms with Crippen LogP contribution in [0, 0.1) is 0 Å². The van der Waals surface area contributed by atoms with E-state index < -0.39 is 24.2 Å². The van der Waals surface area contributed by atoms with Crippen LogP contribution in [0.1, 0.15) is 117 Å². The van der Waals surface area contributed by atoms with E-state index in [2.05, 4.69) is 12.2 Å². The van der Waals surface area contributed by atoms with Crippen LogP contribution in [-0.2, 0) is 19.0 Å². The fraction of sp³-hybridized carbons (Fsp3) is 0.839. The third-order valence-corrected chi connectivity index (χ3v) is 8.30. The maximum atomic E-state index is 12.5. The van der Waals surface area contributed by atoms with Crippen LogP contribution in [0.4, 0.5) is 9.59 Å². The van der Waals surface area contributed by atoms with Crippen molar-refractivity contribution in [2.24, 2.45) is 0 Å². The highest BCUT2D eigenvalue weighted by atomic mass is 127. The van der Waals surface area contributed by atoms with Gasteiger partial charge in [-0.3, -0.25) is 4.79 Å². The number of hydrogen-bond acceptors (Lipinski definition) is 8. The number of amides is 3. The maximum absolute atomic E-state index is 12.5. The first-order chi connectivity index (χ1) is 19.9. The normalized spacial score (nSPS) is 13.2. The van der Waals surface area contributed by atoms with Crippen molar-refractivity contribution in [3.05, 3.63) is 11.1 Å². The van der Waals surface area contributed by atoms with Gasteiger partial charge in [-0.25, -0.2) is 14.5 Å². The first kappa shape index (κ1) is 40.8. The van der Waals surface area contributed by atoms with E-state index in [4.69, 9.17) is 14.2 Å². The number of thioether (sulfide) groups is 1. The molecule has 0 bridgehead atoms. The van der Waals surface area contributed by atoms with Crippen molar-refractivity contribution in [2.45, 2.75) is 123 Å². The van der Waals surface area contributed by atoms with Crippen LogP contribution >= 0.6 is 35.7 Å². The average molecular weight is 728 g/mol. The lowest BCUT2D eigenvalue weighted by atomic mass is 10.0. The first-order valence-corrected chi connectivity index (χ1v) is 16.8. The van der Waals surface area contributed by atoms with Crippen LogP contribution in [0.25, 0.3) is 0 Å². The van der Waals surface area contributed by atoms with Gasteiger partial charge < -0.3 is 24.4 Å². The lowest BCUT2D eigenvalue weighted by Crippen LogP contribution is -2.40. The summed E-state index contributed by atoms with van der Waals surface area (Å²) in [6, 6.07) is 0. The maximum Gasteiger partial charge on any atom is 0.416 e. The van der Waals surface area contributed by atoms with Crippen molar-refractivity contribution in [1.29, 1.82) is 0 Å². The van der Waals surface area contributed by atoms with E-state index in [9.17, 15) is 14.4 Å². The molecular weight excluding hydrogens is 669 g/mol. The quantitative estimate of drug-likeness (QED) is 0.0788. The molecule has 3 amide bonds. The first-order valence-electron chi connectivity index (χ1n) is 15.8. The Morgan fingerprint density at radius 1 is 0.881 bits per heavy atom. The number of carbonyl (C=O) groups is 3. The molecule has 0 aliphatic carbocycles. The Bertz CT molecular complexity index is 758. The minimum Gasteiger partial charge on any atom is -0.447 e. The molecule has 0 aromatic heterocycles. The number of halogens is 1. The van der Waals surface area contributed by atoms with E-state index in [1.807, 2.05) is 17.4 Å². The molecule has 1 N–H and O–H groups in total. The van der Waals surface area contributed by atoms with Crippen molar-refractivity contribution < 1.29 is 28.6 Å². The highest BCUT2D eigenvalue weighted by Crippen LogP contribution is 2.22. The molecule has 1 atom stereocenters. The number of ether oxygens (including phenoxy) is 3. The standard InChI is InChI=1S/C31H57N3O6S.HI/c1-5-6-7-8-9-10-11-12-13-14-15-16-17-18-19-20-21-32-30(36)39-23-29(38-4)24-40-31(37)34(27(2)35)22-28-25-41-26-33(28)3;/h25,29H,5-24,26H2,1-4H3,(H,32,36);1H. The summed E-state index contributed by atoms with van der Waals surface area (Å²) in [7, 11) is 3.36. The molecule has 0 spiro atoms. The molecule has 0 aromatic rings. The highest BCUT2D eigenvalue weighted by molar-refractivity contribution is 14.0. The fourth-order valence-electron chi connectivity index (χ4n) is 4.55. The summed E-state index contributed by atoms with van der Waals surface area (Å²) < 4.78 is 15.8. The SMILES string of the molecule is CCCCCCCCCCCCCCCCCCNC(=O)OCC(COC(=O)N(CC1=CSCN1C)C(C)=O)OC.I. The molecule has 0 saturated carbocycles. The molecule has 0 radical (unpaired) electrons. The highest BCUT2D eigenvalue weighted by Gasteiger charge is 2.25. The average Bonchev–Trinajstić information content (AvgIpc) is 3.37. The van der Waals surface area contributed by atoms with E-state index in [1.165, 1.54) is 104 Å². The Hall–Kier alpha value is -1.21. The molecule has 11 heteroatoms. The molecule has 1 heterocycles.